The van der Waals surface area contributed by atoms with E-state index in [1.807, 2.05) is 0 Å². The van der Waals surface area contributed by atoms with E-state index in [0.717, 1.165) is 5.92 Å². The van der Waals surface area contributed by atoms with Crippen molar-refractivity contribution in [1.82, 2.24) is 4.90 Å². The van der Waals surface area contributed by atoms with Crippen molar-refractivity contribution >= 4 is 0 Å². The molecule has 1 heteroatoms. The predicted molar refractivity (Wildman–Crippen MR) is 87.8 cm³/mol. The molecule has 3 aliphatic rings. The quantitative estimate of drug-likeness (QED) is 0.811. The van der Waals surface area contributed by atoms with Gasteiger partial charge < -0.3 is 4.90 Å². The van der Waals surface area contributed by atoms with E-state index < -0.39 is 0 Å². The molecule has 108 valence electrons. The molecule has 0 fully saturated rings. The standard InChI is InChI=1S/C20H23N/c1-21(2)12-11-14-13-19-15-7-3-5-9-17(15)20(14)18-10-6-4-8-16(18)19/h3-10,14,19-20H,11-13H2,1-2H3. The molecule has 1 atom stereocenters. The van der Waals surface area contributed by atoms with E-state index in [1.54, 1.807) is 22.3 Å². The van der Waals surface area contributed by atoms with E-state index in [4.69, 9.17) is 0 Å². The summed E-state index contributed by atoms with van der Waals surface area (Å²) in [5.41, 5.74) is 6.36. The van der Waals surface area contributed by atoms with Crippen molar-refractivity contribution in [3.05, 3.63) is 70.8 Å². The molecule has 0 spiro atoms. The average Bonchev–Trinajstić information content (AvgIpc) is 2.53. The van der Waals surface area contributed by atoms with Crippen LogP contribution in [0.3, 0.4) is 0 Å². The molecule has 21 heavy (non-hydrogen) atoms. The van der Waals surface area contributed by atoms with Gasteiger partial charge in [0.05, 0.1) is 0 Å². The highest BCUT2D eigenvalue weighted by Gasteiger charge is 2.42. The second-order valence-corrected chi connectivity index (χ2v) is 6.88. The molecule has 0 aliphatic heterocycles. The van der Waals surface area contributed by atoms with E-state index in [-0.39, 0.29) is 0 Å². The zero-order valence-corrected chi connectivity index (χ0v) is 12.9. The summed E-state index contributed by atoms with van der Waals surface area (Å²) in [5.74, 6) is 2.03. The van der Waals surface area contributed by atoms with Crippen LogP contribution < -0.4 is 0 Å². The molecule has 2 aromatic rings. The number of rotatable bonds is 3. The Morgan fingerprint density at radius 1 is 0.857 bits per heavy atom. The van der Waals surface area contributed by atoms with Crippen LogP contribution in [0.1, 0.15) is 46.9 Å². The molecule has 0 saturated carbocycles. The van der Waals surface area contributed by atoms with Crippen molar-refractivity contribution in [2.45, 2.75) is 24.7 Å². The number of benzene rings is 2. The summed E-state index contributed by atoms with van der Waals surface area (Å²) >= 11 is 0. The molecule has 3 aliphatic carbocycles. The first-order valence-corrected chi connectivity index (χ1v) is 8.08. The van der Waals surface area contributed by atoms with E-state index in [0.29, 0.717) is 11.8 Å². The Bertz CT molecular complexity index is 611. The summed E-state index contributed by atoms with van der Waals surface area (Å²) in [6, 6.07) is 18.3. The maximum Gasteiger partial charge on any atom is 0.0124 e. The number of fused-ring (bicyclic) bond motifs is 1. The normalized spacial score (nSPS) is 25.8. The van der Waals surface area contributed by atoms with Crippen LogP contribution >= 0.6 is 0 Å². The molecule has 2 aromatic carbocycles. The monoisotopic (exact) mass is 277 g/mol. The van der Waals surface area contributed by atoms with Gasteiger partial charge in [0.25, 0.3) is 0 Å². The third kappa shape index (κ3) is 2.03. The van der Waals surface area contributed by atoms with E-state index in [2.05, 4.69) is 67.5 Å². The Labute approximate surface area is 127 Å². The highest BCUT2D eigenvalue weighted by molar-refractivity contribution is 5.55. The van der Waals surface area contributed by atoms with Gasteiger partial charge in [0, 0.05) is 11.8 Å². The van der Waals surface area contributed by atoms with Crippen molar-refractivity contribution < 1.29 is 0 Å². The van der Waals surface area contributed by atoms with Gasteiger partial charge in [-0.2, -0.15) is 0 Å². The Morgan fingerprint density at radius 3 is 1.90 bits per heavy atom. The maximum absolute atomic E-state index is 2.37. The number of nitrogens with zero attached hydrogens (tertiary/aromatic N) is 1. The van der Waals surface area contributed by atoms with Gasteiger partial charge in [-0.25, -0.2) is 0 Å². The molecule has 5 rings (SSSR count). The van der Waals surface area contributed by atoms with Gasteiger partial charge in [0.2, 0.25) is 0 Å². The highest BCUT2D eigenvalue weighted by Crippen LogP contribution is 2.56. The lowest BCUT2D eigenvalue weighted by molar-refractivity contribution is 0.287. The number of hydrogen-bond acceptors (Lipinski definition) is 1. The molecule has 0 N–H and O–H groups in total. The third-order valence-corrected chi connectivity index (χ3v) is 5.37. The molecule has 1 nitrogen and oxygen atoms in total. The van der Waals surface area contributed by atoms with Crippen LogP contribution in [0.4, 0.5) is 0 Å². The number of hydrogen-bond donors (Lipinski definition) is 0. The fourth-order valence-corrected chi connectivity index (χ4v) is 4.47. The molecule has 0 saturated heterocycles. The first-order chi connectivity index (χ1) is 10.3. The zero-order chi connectivity index (χ0) is 14.4. The van der Waals surface area contributed by atoms with Crippen LogP contribution in [0, 0.1) is 5.92 Å². The van der Waals surface area contributed by atoms with Gasteiger partial charge in [-0.05, 0) is 61.7 Å². The molecular formula is C20H23N. The van der Waals surface area contributed by atoms with Crippen LogP contribution in [-0.2, 0) is 0 Å². The highest BCUT2D eigenvalue weighted by atomic mass is 15.0. The summed E-state index contributed by atoms with van der Waals surface area (Å²) in [7, 11) is 4.37. The molecular weight excluding hydrogens is 254 g/mol. The second kappa shape index (κ2) is 4.99. The van der Waals surface area contributed by atoms with Crippen LogP contribution in [0.15, 0.2) is 48.5 Å². The van der Waals surface area contributed by atoms with Crippen molar-refractivity contribution in [2.24, 2.45) is 5.92 Å². The first kappa shape index (κ1) is 13.1. The lowest BCUT2D eigenvalue weighted by atomic mass is 9.58. The van der Waals surface area contributed by atoms with Gasteiger partial charge in [-0.15, -0.1) is 0 Å². The minimum atomic E-state index is 0.613. The van der Waals surface area contributed by atoms with Crippen LogP contribution in [0.2, 0.25) is 0 Å². The van der Waals surface area contributed by atoms with Gasteiger partial charge in [-0.3, -0.25) is 0 Å². The van der Waals surface area contributed by atoms with Gasteiger partial charge in [0.15, 0.2) is 0 Å². The smallest absolute Gasteiger partial charge is 0.0124 e. The van der Waals surface area contributed by atoms with Crippen molar-refractivity contribution in [3.8, 4) is 0 Å². The van der Waals surface area contributed by atoms with E-state index in [1.165, 1.54) is 19.4 Å². The van der Waals surface area contributed by atoms with E-state index in [9.17, 15) is 0 Å². The van der Waals surface area contributed by atoms with Crippen LogP contribution in [0.25, 0.3) is 0 Å². The first-order valence-electron chi connectivity index (χ1n) is 8.08. The Morgan fingerprint density at radius 2 is 1.38 bits per heavy atom. The fraction of sp³-hybridized carbons (Fsp3) is 0.400. The minimum absolute atomic E-state index is 0.613. The summed E-state index contributed by atoms with van der Waals surface area (Å²) in [6.45, 7) is 1.19. The lowest BCUT2D eigenvalue weighted by Crippen LogP contribution is -2.33. The summed E-state index contributed by atoms with van der Waals surface area (Å²) in [5, 5.41) is 0. The average molecular weight is 277 g/mol. The summed E-state index contributed by atoms with van der Waals surface area (Å²) in [6.07, 6.45) is 2.63. The predicted octanol–water partition coefficient (Wildman–Crippen LogP) is 4.24. The lowest BCUT2D eigenvalue weighted by Gasteiger charge is -2.46. The van der Waals surface area contributed by atoms with Gasteiger partial charge in [-0.1, -0.05) is 48.5 Å². The molecule has 0 amide bonds. The fourth-order valence-electron chi connectivity index (χ4n) is 4.47. The van der Waals surface area contributed by atoms with Gasteiger partial charge in [0.1, 0.15) is 0 Å². The summed E-state index contributed by atoms with van der Waals surface area (Å²) < 4.78 is 0. The zero-order valence-electron chi connectivity index (χ0n) is 12.9. The Hall–Kier alpha value is -1.60. The van der Waals surface area contributed by atoms with E-state index >= 15 is 0 Å². The minimum Gasteiger partial charge on any atom is -0.309 e. The third-order valence-electron chi connectivity index (χ3n) is 5.37. The molecule has 2 bridgehead atoms. The van der Waals surface area contributed by atoms with Crippen molar-refractivity contribution in [2.75, 3.05) is 20.6 Å². The molecule has 0 radical (unpaired) electrons. The second-order valence-electron chi connectivity index (χ2n) is 6.88. The van der Waals surface area contributed by atoms with Crippen LogP contribution in [-0.4, -0.2) is 25.5 Å². The van der Waals surface area contributed by atoms with Crippen molar-refractivity contribution in [3.63, 3.8) is 0 Å². The van der Waals surface area contributed by atoms with Crippen molar-refractivity contribution in [1.29, 1.82) is 0 Å². The van der Waals surface area contributed by atoms with Crippen LogP contribution in [0.5, 0.6) is 0 Å². The SMILES string of the molecule is CN(C)CCC1CC2c3ccccc3C1c1ccccc12. The van der Waals surface area contributed by atoms with Gasteiger partial charge >= 0.3 is 0 Å². The largest absolute Gasteiger partial charge is 0.309 e. The molecule has 1 unspecified atom stereocenters. The summed E-state index contributed by atoms with van der Waals surface area (Å²) in [4.78, 5) is 2.32. The molecule has 0 heterocycles. The maximum atomic E-state index is 2.37. The topological polar surface area (TPSA) is 3.24 Å². The Balaban J connectivity index is 1.79. The Kier molecular flexibility index (Phi) is 3.11. The molecule has 0 aromatic heterocycles.